The van der Waals surface area contributed by atoms with E-state index >= 15 is 0 Å². The molecule has 0 unspecified atom stereocenters. The molecule has 3 amide bonds. The maximum absolute atomic E-state index is 13.9. The van der Waals surface area contributed by atoms with Crippen LogP contribution in [0.2, 0.25) is 0 Å². The van der Waals surface area contributed by atoms with Crippen LogP contribution in [0.25, 0.3) is 0 Å². The SMILES string of the molecule is CN(C)CCN1CN(C(c2ccccc2)c2ccccc2)n2ccc(=O)c(O)c2C1=O.CN(C)CCN1CN(C(c2ccccc2)c2ccccc2)n2ccc(=O)c(OCc3ccccc3)c2C1=O.NCCN1CN(C(c2ccccc2)c2ccccc2)n2ccc(=O)c(OCc3ccccc3)c2C1=O. The Balaban J connectivity index is 0.000000149. The Kier molecular flexibility index (Phi) is 23.6. The van der Waals surface area contributed by atoms with Crippen molar-refractivity contribution in [3.63, 3.8) is 0 Å². The fourth-order valence-corrected chi connectivity index (χ4v) is 13.2. The molecule has 0 bridgehead atoms. The zero-order valence-electron chi connectivity index (χ0n) is 59.3. The number of amides is 3. The first-order chi connectivity index (χ1) is 51.2. The van der Waals surface area contributed by atoms with Crippen LogP contribution in [-0.4, -0.2) is 149 Å². The lowest BCUT2D eigenvalue weighted by Gasteiger charge is -2.44. The van der Waals surface area contributed by atoms with Crippen molar-refractivity contribution in [3.8, 4) is 17.2 Å². The number of benzene rings is 8. The highest BCUT2D eigenvalue weighted by Crippen LogP contribution is 2.36. The van der Waals surface area contributed by atoms with Gasteiger partial charge in [-0.3, -0.25) is 57.8 Å². The summed E-state index contributed by atoms with van der Waals surface area (Å²) in [6.45, 7) is 4.35. The van der Waals surface area contributed by atoms with Crippen LogP contribution >= 0.6 is 0 Å². The molecular formula is C84H86N12O9. The van der Waals surface area contributed by atoms with E-state index in [1.165, 1.54) is 18.2 Å². The van der Waals surface area contributed by atoms with Gasteiger partial charge in [0, 0.05) is 76.1 Å². The third-order valence-corrected chi connectivity index (χ3v) is 18.4. The minimum atomic E-state index is -0.565. The highest BCUT2D eigenvalue weighted by molar-refractivity contribution is 5.97. The average molecular weight is 1410 g/mol. The average Bonchev–Trinajstić information content (AvgIpc) is 0.765. The molecule has 0 saturated carbocycles. The lowest BCUT2D eigenvalue weighted by Crippen LogP contribution is -2.56. The fourth-order valence-electron chi connectivity index (χ4n) is 13.2. The Morgan fingerprint density at radius 1 is 0.352 bits per heavy atom. The van der Waals surface area contributed by atoms with Crippen molar-refractivity contribution in [1.82, 2.24) is 38.5 Å². The number of ether oxygens (including phenoxy) is 2. The van der Waals surface area contributed by atoms with E-state index in [4.69, 9.17) is 15.2 Å². The second kappa shape index (κ2) is 34.1. The third-order valence-electron chi connectivity index (χ3n) is 18.4. The van der Waals surface area contributed by atoms with Gasteiger partial charge in [0.15, 0.2) is 34.3 Å². The van der Waals surface area contributed by atoms with E-state index in [0.717, 1.165) is 44.5 Å². The molecule has 0 atom stereocenters. The molecule has 0 radical (unpaired) electrons. The number of aromatic nitrogens is 3. The minimum absolute atomic E-state index is 0.00521. The molecule has 0 fully saturated rings. The van der Waals surface area contributed by atoms with Crippen LogP contribution in [0.5, 0.6) is 17.2 Å². The van der Waals surface area contributed by atoms with Gasteiger partial charge in [0.1, 0.15) is 33.2 Å². The fraction of sp³-hybridized carbons (Fsp3) is 0.214. The van der Waals surface area contributed by atoms with Crippen LogP contribution in [0.4, 0.5) is 0 Å². The number of aromatic hydroxyl groups is 1. The molecular weight excluding hydrogens is 1320 g/mol. The molecule has 21 heteroatoms. The zero-order valence-corrected chi connectivity index (χ0v) is 59.3. The molecule has 3 aromatic heterocycles. The van der Waals surface area contributed by atoms with Gasteiger partial charge in [0.2, 0.25) is 16.3 Å². The zero-order chi connectivity index (χ0) is 73.3. The lowest BCUT2D eigenvalue weighted by molar-refractivity contribution is 0.0658. The molecule has 11 aromatic rings. The monoisotopic (exact) mass is 1410 g/mol. The Morgan fingerprint density at radius 2 is 0.610 bits per heavy atom. The van der Waals surface area contributed by atoms with Gasteiger partial charge >= 0.3 is 0 Å². The second-order valence-electron chi connectivity index (χ2n) is 26.2. The van der Waals surface area contributed by atoms with Crippen molar-refractivity contribution in [2.45, 2.75) is 31.3 Å². The van der Waals surface area contributed by atoms with E-state index in [0.29, 0.717) is 59.3 Å². The van der Waals surface area contributed by atoms with Crippen LogP contribution in [0.3, 0.4) is 0 Å². The molecule has 6 heterocycles. The maximum atomic E-state index is 13.9. The standard InChI is InChI=1S/C31H32N4O3.C29H28N4O3.C24H26N4O3/c1-32(2)20-21-33-23-35(28(25-14-8-4-9-15-25)26-16-10-5-11-17-26)34-19-18-27(36)30(29(34)31(33)37)38-22-24-12-6-3-7-13-24;30-17-19-31-21-33(26(23-12-6-2-7-13-23)24-14-8-3-9-15-24)32-18-16-25(34)28(27(32)29(31)35)36-20-22-10-4-1-5-11-22;1-25(2)15-16-26-17-28(27-14-13-20(29)23(30)22(27)24(26)31)21(18-9-5-3-6-10-18)19-11-7-4-8-12-19/h3-19,28H,20-23H2,1-2H3;1-16,18,26H,17,19-21,30H2;3-14,21,30H,15-17H2,1-2H3. The molecule has 8 aromatic carbocycles. The van der Waals surface area contributed by atoms with E-state index < -0.39 is 11.2 Å². The van der Waals surface area contributed by atoms with Crippen molar-refractivity contribution >= 4 is 17.7 Å². The van der Waals surface area contributed by atoms with Crippen LogP contribution in [0.1, 0.15) is 94.1 Å². The minimum Gasteiger partial charge on any atom is -0.502 e. The largest absolute Gasteiger partial charge is 0.502 e. The molecule has 105 heavy (non-hydrogen) atoms. The van der Waals surface area contributed by atoms with Crippen molar-refractivity contribution < 1.29 is 29.0 Å². The van der Waals surface area contributed by atoms with Gasteiger partial charge in [0.05, 0.1) is 18.1 Å². The summed E-state index contributed by atoms with van der Waals surface area (Å²) in [5.74, 6) is -1.26. The Bertz CT molecular complexity index is 4770. The van der Waals surface area contributed by atoms with E-state index in [9.17, 15) is 33.9 Å². The van der Waals surface area contributed by atoms with Crippen LogP contribution in [-0.2, 0) is 13.2 Å². The summed E-state index contributed by atoms with van der Waals surface area (Å²) in [6.07, 6.45) is 4.91. The molecule has 3 N–H and O–H groups in total. The highest BCUT2D eigenvalue weighted by atomic mass is 16.5. The molecule has 0 spiro atoms. The first-order valence-electron chi connectivity index (χ1n) is 34.9. The van der Waals surface area contributed by atoms with Gasteiger partial charge in [-0.25, -0.2) is 0 Å². The highest BCUT2D eigenvalue weighted by Gasteiger charge is 2.40. The Morgan fingerprint density at radius 3 is 0.895 bits per heavy atom. The number of pyridine rings is 3. The van der Waals surface area contributed by atoms with Gasteiger partial charge in [0.25, 0.3) is 17.7 Å². The van der Waals surface area contributed by atoms with Crippen LogP contribution < -0.4 is 46.5 Å². The van der Waals surface area contributed by atoms with Gasteiger partial charge in [-0.05, 0) is 72.7 Å². The summed E-state index contributed by atoms with van der Waals surface area (Å²) < 4.78 is 17.3. The van der Waals surface area contributed by atoms with Crippen molar-refractivity contribution in [3.05, 3.63) is 372 Å². The molecule has 3 aliphatic rings. The summed E-state index contributed by atoms with van der Waals surface area (Å²) >= 11 is 0. The number of hydrogen-bond acceptors (Lipinski definition) is 15. The molecule has 0 aliphatic carbocycles. The van der Waals surface area contributed by atoms with E-state index in [-0.39, 0.29) is 88.5 Å². The topological polar surface area (TPSA) is 208 Å². The number of carbonyl (C=O) groups is 3. The molecule has 21 nitrogen and oxygen atoms in total. The molecule has 0 saturated heterocycles. The van der Waals surface area contributed by atoms with Gasteiger partial charge < -0.3 is 44.8 Å². The second-order valence-corrected chi connectivity index (χ2v) is 26.2. The summed E-state index contributed by atoms with van der Waals surface area (Å²) in [6, 6.07) is 83.5. The predicted molar refractivity (Wildman–Crippen MR) is 408 cm³/mol. The summed E-state index contributed by atoms with van der Waals surface area (Å²) in [7, 11) is 7.85. The van der Waals surface area contributed by atoms with E-state index in [1.54, 1.807) is 47.3 Å². The van der Waals surface area contributed by atoms with E-state index in [2.05, 4.69) is 58.5 Å². The van der Waals surface area contributed by atoms with E-state index in [1.807, 2.05) is 237 Å². The molecule has 536 valence electrons. The van der Waals surface area contributed by atoms with Crippen molar-refractivity contribution in [2.24, 2.45) is 5.73 Å². The number of fused-ring (bicyclic) bond motifs is 3. The third kappa shape index (κ3) is 16.8. The lowest BCUT2D eigenvalue weighted by atomic mass is 9.98. The first kappa shape index (κ1) is 72.5. The number of carbonyl (C=O) groups excluding carboxylic acids is 3. The van der Waals surface area contributed by atoms with Gasteiger partial charge in [-0.15, -0.1) is 0 Å². The molecule has 14 rings (SSSR count). The van der Waals surface area contributed by atoms with Crippen molar-refractivity contribution in [2.75, 3.05) is 102 Å². The van der Waals surface area contributed by atoms with Gasteiger partial charge in [-0.2, -0.15) is 0 Å². The van der Waals surface area contributed by atoms with Crippen LogP contribution in [0, 0.1) is 0 Å². The summed E-state index contributed by atoms with van der Waals surface area (Å²) in [5.41, 5.74) is 13.3. The Hall–Kier alpha value is -12.3. The number of likely N-dealkylation sites (N-methyl/N-ethyl adjacent to an activating group) is 2. The first-order valence-corrected chi connectivity index (χ1v) is 34.9. The number of nitrogens with zero attached hydrogens (tertiary/aromatic N) is 11. The summed E-state index contributed by atoms with van der Waals surface area (Å²) in [5, 5.41) is 16.7. The normalized spacial score (nSPS) is 13.3. The predicted octanol–water partition coefficient (Wildman–Crippen LogP) is 9.91. The maximum Gasteiger partial charge on any atom is 0.277 e. The Labute approximate surface area is 610 Å². The van der Waals surface area contributed by atoms with Crippen LogP contribution in [0.15, 0.2) is 294 Å². The quantitative estimate of drug-likeness (QED) is 0.0611. The smallest absolute Gasteiger partial charge is 0.277 e. The molecule has 3 aliphatic heterocycles. The van der Waals surface area contributed by atoms with Crippen molar-refractivity contribution in [1.29, 1.82) is 0 Å². The number of nitrogens with two attached hydrogens (primary N) is 1. The summed E-state index contributed by atoms with van der Waals surface area (Å²) in [4.78, 5) is 88.2. The number of rotatable bonds is 23. The van der Waals surface area contributed by atoms with Gasteiger partial charge in [-0.1, -0.05) is 243 Å². The number of hydrogen-bond donors (Lipinski definition) is 2.